The number of furan rings is 1. The van der Waals surface area contributed by atoms with E-state index in [1.165, 1.54) is 4.68 Å². The number of likely N-dealkylation sites (tertiary alicyclic amines) is 1. The summed E-state index contributed by atoms with van der Waals surface area (Å²) in [5.41, 5.74) is -0.235. The highest BCUT2D eigenvalue weighted by molar-refractivity contribution is 5.81. The van der Waals surface area contributed by atoms with Crippen LogP contribution in [-0.4, -0.2) is 27.1 Å². The summed E-state index contributed by atoms with van der Waals surface area (Å²) in [5.74, 6) is 0.706. The molecule has 1 fully saturated rings. The lowest BCUT2D eigenvalue weighted by molar-refractivity contribution is -0.135. The second-order valence-electron chi connectivity index (χ2n) is 6.66. The van der Waals surface area contributed by atoms with E-state index in [1.54, 1.807) is 18.5 Å². The van der Waals surface area contributed by atoms with Crippen molar-refractivity contribution in [2.45, 2.75) is 38.3 Å². The molecule has 1 aliphatic rings. The SMILES string of the molecule is O=C(Cn1ncc2ccccc2c1=O)N1CCCCCC1c1ccco1. The highest BCUT2D eigenvalue weighted by atomic mass is 16.3. The van der Waals surface area contributed by atoms with Gasteiger partial charge in [0.2, 0.25) is 5.91 Å². The summed E-state index contributed by atoms with van der Waals surface area (Å²) in [7, 11) is 0. The first kappa shape index (κ1) is 16.6. The quantitative estimate of drug-likeness (QED) is 0.727. The van der Waals surface area contributed by atoms with Crippen molar-refractivity contribution in [2.24, 2.45) is 0 Å². The van der Waals surface area contributed by atoms with Crippen LogP contribution in [0.3, 0.4) is 0 Å². The van der Waals surface area contributed by atoms with Crippen LogP contribution in [0.4, 0.5) is 0 Å². The van der Waals surface area contributed by atoms with Crippen LogP contribution in [0.25, 0.3) is 10.8 Å². The van der Waals surface area contributed by atoms with Gasteiger partial charge >= 0.3 is 0 Å². The number of fused-ring (bicyclic) bond motifs is 1. The van der Waals surface area contributed by atoms with Crippen LogP contribution in [0.1, 0.15) is 37.5 Å². The molecule has 0 radical (unpaired) electrons. The zero-order valence-electron chi connectivity index (χ0n) is 14.5. The van der Waals surface area contributed by atoms with Crippen LogP contribution < -0.4 is 5.56 Å². The Bertz CT molecular complexity index is 962. The minimum atomic E-state index is -0.235. The Morgan fingerprint density at radius 1 is 1.15 bits per heavy atom. The van der Waals surface area contributed by atoms with Crippen molar-refractivity contribution in [1.29, 1.82) is 0 Å². The monoisotopic (exact) mass is 351 g/mol. The Hall–Kier alpha value is -2.89. The molecule has 0 bridgehead atoms. The largest absolute Gasteiger partial charge is 0.467 e. The van der Waals surface area contributed by atoms with Crippen molar-refractivity contribution in [3.63, 3.8) is 0 Å². The first-order valence-electron chi connectivity index (χ1n) is 9.02. The van der Waals surface area contributed by atoms with Crippen LogP contribution >= 0.6 is 0 Å². The zero-order chi connectivity index (χ0) is 17.9. The summed E-state index contributed by atoms with van der Waals surface area (Å²) < 4.78 is 6.82. The van der Waals surface area contributed by atoms with Crippen molar-refractivity contribution in [3.05, 3.63) is 65.0 Å². The molecule has 26 heavy (non-hydrogen) atoms. The molecule has 6 heteroatoms. The average molecular weight is 351 g/mol. The summed E-state index contributed by atoms with van der Waals surface area (Å²) in [5, 5.41) is 5.55. The third-order valence-corrected chi connectivity index (χ3v) is 4.99. The number of benzene rings is 1. The van der Waals surface area contributed by atoms with Gasteiger partial charge in [-0.2, -0.15) is 5.10 Å². The van der Waals surface area contributed by atoms with Crippen molar-refractivity contribution < 1.29 is 9.21 Å². The summed E-state index contributed by atoms with van der Waals surface area (Å²) in [4.78, 5) is 27.5. The molecule has 1 aliphatic heterocycles. The molecule has 6 nitrogen and oxygen atoms in total. The van der Waals surface area contributed by atoms with Crippen LogP contribution in [-0.2, 0) is 11.3 Å². The van der Waals surface area contributed by atoms with Gasteiger partial charge < -0.3 is 9.32 Å². The van der Waals surface area contributed by atoms with Gasteiger partial charge in [-0.3, -0.25) is 9.59 Å². The number of amides is 1. The van der Waals surface area contributed by atoms with E-state index in [0.29, 0.717) is 11.9 Å². The number of hydrogen-bond acceptors (Lipinski definition) is 4. The van der Waals surface area contributed by atoms with Crippen LogP contribution in [0.15, 0.2) is 58.1 Å². The number of nitrogens with zero attached hydrogens (tertiary/aromatic N) is 3. The van der Waals surface area contributed by atoms with Gasteiger partial charge in [-0.05, 0) is 31.0 Å². The van der Waals surface area contributed by atoms with Gasteiger partial charge in [0, 0.05) is 11.9 Å². The Labute approximate surface area is 151 Å². The normalized spacial score (nSPS) is 18.0. The first-order chi connectivity index (χ1) is 12.7. The van der Waals surface area contributed by atoms with E-state index in [4.69, 9.17) is 4.42 Å². The summed E-state index contributed by atoms with van der Waals surface area (Å²) >= 11 is 0. The highest BCUT2D eigenvalue weighted by Gasteiger charge is 2.29. The molecule has 1 aromatic carbocycles. The number of rotatable bonds is 3. The van der Waals surface area contributed by atoms with Gasteiger partial charge in [-0.25, -0.2) is 4.68 Å². The van der Waals surface area contributed by atoms with Crippen molar-refractivity contribution in [1.82, 2.24) is 14.7 Å². The number of carbonyl (C=O) groups excluding carboxylic acids is 1. The van der Waals surface area contributed by atoms with Gasteiger partial charge in [0.1, 0.15) is 12.3 Å². The lowest BCUT2D eigenvalue weighted by atomic mass is 10.1. The van der Waals surface area contributed by atoms with Crippen LogP contribution in [0.5, 0.6) is 0 Å². The van der Waals surface area contributed by atoms with E-state index in [0.717, 1.165) is 36.8 Å². The maximum Gasteiger partial charge on any atom is 0.275 e. The Morgan fingerprint density at radius 2 is 2.04 bits per heavy atom. The van der Waals surface area contributed by atoms with E-state index in [1.807, 2.05) is 35.2 Å². The number of hydrogen-bond donors (Lipinski definition) is 0. The average Bonchev–Trinajstić information content (AvgIpc) is 3.08. The van der Waals surface area contributed by atoms with Crippen molar-refractivity contribution >= 4 is 16.7 Å². The van der Waals surface area contributed by atoms with E-state index in [-0.39, 0.29) is 24.1 Å². The number of aromatic nitrogens is 2. The fraction of sp³-hybridized carbons (Fsp3) is 0.350. The van der Waals surface area contributed by atoms with Gasteiger partial charge in [0.05, 0.1) is 23.9 Å². The molecule has 3 aromatic rings. The minimum absolute atomic E-state index is 0.0547. The minimum Gasteiger partial charge on any atom is -0.467 e. The van der Waals surface area contributed by atoms with E-state index in [2.05, 4.69) is 5.10 Å². The molecule has 1 saturated heterocycles. The van der Waals surface area contributed by atoms with Crippen molar-refractivity contribution in [2.75, 3.05) is 6.54 Å². The molecule has 1 unspecified atom stereocenters. The fourth-order valence-corrected chi connectivity index (χ4v) is 3.64. The lowest BCUT2D eigenvalue weighted by Crippen LogP contribution is -2.39. The van der Waals surface area contributed by atoms with Gasteiger partial charge in [-0.1, -0.05) is 31.0 Å². The second kappa shape index (κ2) is 7.15. The van der Waals surface area contributed by atoms with Crippen LogP contribution in [0.2, 0.25) is 0 Å². The van der Waals surface area contributed by atoms with E-state index < -0.39 is 0 Å². The van der Waals surface area contributed by atoms with Gasteiger partial charge in [0.25, 0.3) is 5.56 Å². The Balaban J connectivity index is 1.62. The summed E-state index contributed by atoms with van der Waals surface area (Å²) in [6.07, 6.45) is 7.26. The van der Waals surface area contributed by atoms with E-state index >= 15 is 0 Å². The maximum atomic E-state index is 13.0. The first-order valence-corrected chi connectivity index (χ1v) is 9.02. The van der Waals surface area contributed by atoms with Crippen LogP contribution in [0, 0.1) is 0 Å². The zero-order valence-corrected chi connectivity index (χ0v) is 14.5. The highest BCUT2D eigenvalue weighted by Crippen LogP contribution is 2.30. The predicted octanol–water partition coefficient (Wildman–Crippen LogP) is 3.13. The molecule has 2 aromatic heterocycles. The molecule has 3 heterocycles. The Morgan fingerprint density at radius 3 is 2.88 bits per heavy atom. The van der Waals surface area contributed by atoms with E-state index in [9.17, 15) is 9.59 Å². The standard InChI is InChI=1S/C20H21N3O3/c24-19(14-23-20(25)16-8-4-3-7-15(16)13-21-23)22-11-5-1-2-9-17(22)18-10-6-12-26-18/h3-4,6-8,10,12-13,17H,1-2,5,9,11,14H2. The molecule has 4 rings (SSSR count). The molecular weight excluding hydrogens is 330 g/mol. The molecule has 1 atom stereocenters. The smallest absolute Gasteiger partial charge is 0.275 e. The molecular formula is C20H21N3O3. The molecule has 134 valence electrons. The lowest BCUT2D eigenvalue weighted by Gasteiger charge is -2.28. The molecule has 0 saturated carbocycles. The Kier molecular flexibility index (Phi) is 4.56. The van der Waals surface area contributed by atoms with Gasteiger partial charge in [-0.15, -0.1) is 0 Å². The van der Waals surface area contributed by atoms with Gasteiger partial charge in [0.15, 0.2) is 0 Å². The summed E-state index contributed by atoms with van der Waals surface area (Å²) in [6, 6.07) is 11.0. The maximum absolute atomic E-state index is 13.0. The predicted molar refractivity (Wildman–Crippen MR) is 97.6 cm³/mol. The third-order valence-electron chi connectivity index (χ3n) is 4.99. The summed E-state index contributed by atoms with van der Waals surface area (Å²) in [6.45, 7) is 0.618. The molecule has 0 aliphatic carbocycles. The molecule has 1 amide bonds. The molecule has 0 N–H and O–H groups in total. The van der Waals surface area contributed by atoms with Crippen molar-refractivity contribution in [3.8, 4) is 0 Å². The fourth-order valence-electron chi connectivity index (χ4n) is 3.64. The third kappa shape index (κ3) is 3.14. The molecule has 0 spiro atoms. The second-order valence-corrected chi connectivity index (χ2v) is 6.66. The number of carbonyl (C=O) groups is 1. The topological polar surface area (TPSA) is 68.3 Å².